The lowest BCUT2D eigenvalue weighted by Gasteiger charge is -2.17. The van der Waals surface area contributed by atoms with Crippen LogP contribution in [0.1, 0.15) is 18.4 Å². The van der Waals surface area contributed by atoms with Crippen LogP contribution in [0, 0.1) is 0 Å². The van der Waals surface area contributed by atoms with E-state index >= 15 is 0 Å². The minimum Gasteiger partial charge on any atom is -0.431 e. The van der Waals surface area contributed by atoms with Gasteiger partial charge in [-0.05, 0) is 5.56 Å². The third kappa shape index (κ3) is 10.6. The zero-order valence-electron chi connectivity index (χ0n) is 13.1. The molecule has 0 aromatic heterocycles. The predicted molar refractivity (Wildman–Crippen MR) is 93.9 cm³/mol. The number of hydrogen-bond donors (Lipinski definition) is 0. The van der Waals surface area contributed by atoms with Gasteiger partial charge in [0, 0.05) is 0 Å². The Hall–Kier alpha value is -1.41. The minimum absolute atomic E-state index is 0.0574. The molecule has 0 unspecified atom stereocenters. The molecule has 1 rings (SSSR count). The van der Waals surface area contributed by atoms with Crippen LogP contribution in [0.2, 0.25) is 0 Å². The van der Waals surface area contributed by atoms with Crippen LogP contribution in [0.25, 0.3) is 0 Å². The van der Waals surface area contributed by atoms with Crippen LogP contribution in [-0.2, 0) is 35.1 Å². The van der Waals surface area contributed by atoms with E-state index in [1.54, 1.807) is 30.3 Å². The van der Waals surface area contributed by atoms with E-state index < -0.39 is 47.1 Å². The molecule has 0 aliphatic rings. The Morgan fingerprint density at radius 3 is 1.77 bits per heavy atom. The Balaban J connectivity index is 2.59. The summed E-state index contributed by atoms with van der Waals surface area (Å²) in [6.07, 6.45) is -3.37. The van der Waals surface area contributed by atoms with Gasteiger partial charge in [0.1, 0.15) is 12.7 Å². The number of rotatable bonds is 9. The molecule has 26 heavy (non-hydrogen) atoms. The van der Waals surface area contributed by atoms with Gasteiger partial charge >= 0.3 is 18.1 Å². The van der Waals surface area contributed by atoms with Crippen molar-refractivity contribution in [3.8, 4) is 0 Å². The first-order valence-corrected chi connectivity index (χ1v) is 8.83. The highest BCUT2D eigenvalue weighted by Gasteiger charge is 2.26. The molecule has 0 fully saturated rings. The molecule has 0 aliphatic heterocycles. The van der Waals surface area contributed by atoms with Crippen molar-refractivity contribution in [2.24, 2.45) is 0 Å². The Bertz CT molecular complexity index is 571. The monoisotopic (exact) mass is 446 g/mol. The van der Waals surface area contributed by atoms with E-state index in [-0.39, 0.29) is 6.61 Å². The number of ether oxygens (including phenoxy) is 4. The van der Waals surface area contributed by atoms with Crippen molar-refractivity contribution in [3.63, 3.8) is 0 Å². The highest BCUT2D eigenvalue weighted by atomic mass is 35.5. The Morgan fingerprint density at radius 2 is 1.31 bits per heavy atom. The smallest absolute Gasteiger partial charge is 0.431 e. The normalized spacial score (nSPS) is 10.7. The molecule has 1 aromatic carbocycles. The second kappa shape index (κ2) is 12.1. The molecule has 0 saturated heterocycles. The first-order chi connectivity index (χ1) is 12.3. The van der Waals surface area contributed by atoms with Gasteiger partial charge in [0.25, 0.3) is 10.0 Å². The van der Waals surface area contributed by atoms with Crippen LogP contribution in [-0.4, -0.2) is 34.2 Å². The highest BCUT2D eigenvalue weighted by molar-refractivity contribution is 6.43. The summed E-state index contributed by atoms with van der Waals surface area (Å²) in [7, 11) is 0. The third-order valence-electron chi connectivity index (χ3n) is 2.69. The van der Waals surface area contributed by atoms with Crippen LogP contribution in [0.4, 0.5) is 4.79 Å². The van der Waals surface area contributed by atoms with Gasteiger partial charge in [-0.25, -0.2) is 4.79 Å². The lowest BCUT2D eigenvalue weighted by molar-refractivity contribution is -0.149. The summed E-state index contributed by atoms with van der Waals surface area (Å²) in [5.74, 6) is -1.80. The molecular formula is C15H14Cl4O7. The summed E-state index contributed by atoms with van der Waals surface area (Å²) >= 11 is 21.3. The summed E-state index contributed by atoms with van der Waals surface area (Å²) < 4.78 is 18.9. The summed E-state index contributed by atoms with van der Waals surface area (Å²) in [6.45, 7) is -0.0574. The maximum absolute atomic E-state index is 11.8. The summed E-state index contributed by atoms with van der Waals surface area (Å²) in [4.78, 5) is 35.0. The van der Waals surface area contributed by atoms with Gasteiger partial charge in [-0.15, -0.1) is 0 Å². The zero-order valence-corrected chi connectivity index (χ0v) is 16.1. The number of hydrogen-bond acceptors (Lipinski definition) is 7. The molecule has 0 amide bonds. The van der Waals surface area contributed by atoms with Crippen molar-refractivity contribution in [2.75, 3.05) is 0 Å². The molecule has 144 valence electrons. The lowest BCUT2D eigenvalue weighted by Crippen LogP contribution is -2.27. The Morgan fingerprint density at radius 1 is 0.808 bits per heavy atom. The molecule has 0 N–H and O–H groups in total. The topological polar surface area (TPSA) is 88.1 Å². The van der Waals surface area contributed by atoms with Gasteiger partial charge in [-0.2, -0.15) is 0 Å². The molecule has 0 bridgehead atoms. The van der Waals surface area contributed by atoms with Crippen molar-refractivity contribution < 1.29 is 33.3 Å². The van der Waals surface area contributed by atoms with E-state index in [4.69, 9.17) is 55.9 Å². The van der Waals surface area contributed by atoms with Crippen LogP contribution in [0.5, 0.6) is 0 Å². The molecule has 0 spiro atoms. The zero-order chi connectivity index (χ0) is 19.5. The fraction of sp³-hybridized carbons (Fsp3) is 0.400. The van der Waals surface area contributed by atoms with Crippen molar-refractivity contribution in [2.45, 2.75) is 35.6 Å². The fourth-order valence-electron chi connectivity index (χ4n) is 1.71. The van der Waals surface area contributed by atoms with E-state index in [9.17, 15) is 14.4 Å². The summed E-state index contributed by atoms with van der Waals surface area (Å²) in [5.41, 5.74) is 0.721. The quantitative estimate of drug-likeness (QED) is 0.320. The molecule has 0 radical (unpaired) electrons. The first kappa shape index (κ1) is 22.6. The van der Waals surface area contributed by atoms with Crippen LogP contribution in [0.3, 0.4) is 0 Å². The minimum atomic E-state index is -1.41. The van der Waals surface area contributed by atoms with Gasteiger partial charge in [0.2, 0.25) is 0 Å². The van der Waals surface area contributed by atoms with Gasteiger partial charge in [0.05, 0.1) is 12.8 Å². The van der Waals surface area contributed by atoms with Crippen molar-refractivity contribution in [1.29, 1.82) is 0 Å². The second-order valence-corrected chi connectivity index (χ2v) is 6.71. The average molecular weight is 448 g/mol. The number of carbonyl (C=O) groups excluding carboxylic acids is 3. The summed E-state index contributed by atoms with van der Waals surface area (Å²) in [6, 6.07) is 8.81. The first-order valence-electron chi connectivity index (χ1n) is 7.09. The Labute approximate surface area is 169 Å². The number of benzene rings is 1. The summed E-state index contributed by atoms with van der Waals surface area (Å²) in [5, 5.41) is -2.81. The maximum Gasteiger partial charge on any atom is 0.508 e. The molecule has 11 heteroatoms. The van der Waals surface area contributed by atoms with Gasteiger partial charge in [-0.1, -0.05) is 76.7 Å². The molecule has 0 atom stereocenters. The van der Waals surface area contributed by atoms with Crippen molar-refractivity contribution in [3.05, 3.63) is 35.9 Å². The molecule has 0 heterocycles. The van der Waals surface area contributed by atoms with Crippen molar-refractivity contribution in [1.82, 2.24) is 0 Å². The standard InChI is InChI=1S/C15H14Cl4O7/c16-13(17)25-11(20)6-10(7-12(21)26-14(18)19)24-15(22)23-8-9-4-2-1-3-5-9/h1-5,10,13-14H,6-8H2. The number of carbonyl (C=O) groups is 3. The molecular weight excluding hydrogens is 434 g/mol. The largest absolute Gasteiger partial charge is 0.508 e. The predicted octanol–water partition coefficient (Wildman–Crippen LogP) is 4.10. The Kier molecular flexibility index (Phi) is 10.5. The van der Waals surface area contributed by atoms with E-state index in [1.165, 1.54) is 0 Å². The third-order valence-corrected chi connectivity index (χ3v) is 3.05. The van der Waals surface area contributed by atoms with E-state index in [0.717, 1.165) is 5.56 Å². The van der Waals surface area contributed by atoms with Crippen LogP contribution < -0.4 is 0 Å². The van der Waals surface area contributed by atoms with E-state index in [1.807, 2.05) is 0 Å². The van der Waals surface area contributed by atoms with E-state index in [2.05, 4.69) is 9.47 Å². The molecule has 7 nitrogen and oxygen atoms in total. The number of alkyl halides is 4. The average Bonchev–Trinajstić information content (AvgIpc) is 2.52. The highest BCUT2D eigenvalue weighted by Crippen LogP contribution is 2.14. The maximum atomic E-state index is 11.8. The second-order valence-electron chi connectivity index (χ2n) is 4.67. The van der Waals surface area contributed by atoms with E-state index in [0.29, 0.717) is 0 Å². The van der Waals surface area contributed by atoms with Crippen molar-refractivity contribution >= 4 is 64.5 Å². The SMILES string of the molecule is O=C(CC(CC(=O)OC(Cl)Cl)OC(=O)OCc1ccccc1)OC(Cl)Cl. The van der Waals surface area contributed by atoms with Gasteiger partial charge < -0.3 is 18.9 Å². The molecule has 1 aromatic rings. The molecule has 0 aliphatic carbocycles. The van der Waals surface area contributed by atoms with Crippen LogP contribution >= 0.6 is 46.4 Å². The van der Waals surface area contributed by atoms with Gasteiger partial charge in [-0.3, -0.25) is 9.59 Å². The number of esters is 2. The van der Waals surface area contributed by atoms with Gasteiger partial charge in [0.15, 0.2) is 0 Å². The molecule has 0 saturated carbocycles. The number of halogens is 4. The fourth-order valence-corrected chi connectivity index (χ4v) is 2.11. The van der Waals surface area contributed by atoms with Crippen LogP contribution in [0.15, 0.2) is 30.3 Å². The lowest BCUT2D eigenvalue weighted by atomic mass is 10.2.